The predicted molar refractivity (Wildman–Crippen MR) is 103 cm³/mol. The molecule has 0 aliphatic heterocycles. The molecule has 1 atom stereocenters. The van der Waals surface area contributed by atoms with Crippen molar-refractivity contribution in [3.63, 3.8) is 0 Å². The fourth-order valence-electron chi connectivity index (χ4n) is 3.32. The van der Waals surface area contributed by atoms with Crippen molar-refractivity contribution in [3.05, 3.63) is 64.8 Å². The first kappa shape index (κ1) is 16.7. The molecule has 26 heavy (non-hydrogen) atoms. The van der Waals surface area contributed by atoms with E-state index in [2.05, 4.69) is 56.7 Å². The SMILES string of the molecule is CN(c1ccc(C(=O)Nc2nncs2)cn1)C1CCc2ccccc2C1. The maximum absolute atomic E-state index is 12.2. The lowest BCUT2D eigenvalue weighted by atomic mass is 9.88. The molecular formula is C19H19N5OS. The van der Waals surface area contributed by atoms with Crippen LogP contribution in [0.15, 0.2) is 48.1 Å². The molecule has 132 valence electrons. The Kier molecular flexibility index (Phi) is 4.62. The second-order valence-electron chi connectivity index (χ2n) is 6.38. The lowest BCUT2D eigenvalue weighted by Gasteiger charge is -2.33. The Morgan fingerprint density at radius 3 is 2.81 bits per heavy atom. The molecule has 2 heterocycles. The van der Waals surface area contributed by atoms with Gasteiger partial charge in [0.1, 0.15) is 11.3 Å². The van der Waals surface area contributed by atoms with Gasteiger partial charge in [0.2, 0.25) is 5.13 Å². The first-order valence-electron chi connectivity index (χ1n) is 8.54. The van der Waals surface area contributed by atoms with Gasteiger partial charge in [0.25, 0.3) is 5.91 Å². The predicted octanol–water partition coefficient (Wildman–Crippen LogP) is 3.18. The van der Waals surface area contributed by atoms with Gasteiger partial charge in [0.05, 0.1) is 5.56 Å². The van der Waals surface area contributed by atoms with E-state index in [-0.39, 0.29) is 5.91 Å². The molecule has 4 rings (SSSR count). The van der Waals surface area contributed by atoms with Crippen molar-refractivity contribution >= 4 is 28.2 Å². The molecule has 1 aliphatic rings. The highest BCUT2D eigenvalue weighted by molar-refractivity contribution is 7.13. The molecule has 2 aromatic heterocycles. The van der Waals surface area contributed by atoms with Crippen molar-refractivity contribution in [1.82, 2.24) is 15.2 Å². The Hall–Kier alpha value is -2.80. The van der Waals surface area contributed by atoms with Gasteiger partial charge in [-0.2, -0.15) is 0 Å². The monoisotopic (exact) mass is 365 g/mol. The van der Waals surface area contributed by atoms with E-state index in [0.29, 0.717) is 16.7 Å². The van der Waals surface area contributed by atoms with Gasteiger partial charge in [-0.05, 0) is 42.5 Å². The molecule has 1 N–H and O–H groups in total. The third-order valence-electron chi connectivity index (χ3n) is 4.82. The molecule has 0 radical (unpaired) electrons. The van der Waals surface area contributed by atoms with Gasteiger partial charge >= 0.3 is 0 Å². The molecule has 3 aromatic rings. The molecule has 1 amide bonds. The van der Waals surface area contributed by atoms with Crippen LogP contribution in [0.2, 0.25) is 0 Å². The summed E-state index contributed by atoms with van der Waals surface area (Å²) in [4.78, 5) is 18.9. The molecule has 7 heteroatoms. The number of amides is 1. The highest BCUT2D eigenvalue weighted by Gasteiger charge is 2.22. The van der Waals surface area contributed by atoms with Crippen LogP contribution in [0.3, 0.4) is 0 Å². The van der Waals surface area contributed by atoms with E-state index in [1.54, 1.807) is 17.8 Å². The molecule has 0 saturated carbocycles. The number of hydrogen-bond acceptors (Lipinski definition) is 6. The van der Waals surface area contributed by atoms with Crippen LogP contribution in [0, 0.1) is 0 Å². The van der Waals surface area contributed by atoms with E-state index in [1.807, 2.05) is 6.07 Å². The molecule has 6 nitrogen and oxygen atoms in total. The fourth-order valence-corrected chi connectivity index (χ4v) is 3.76. The molecule has 1 aromatic carbocycles. The third-order valence-corrected chi connectivity index (χ3v) is 5.43. The third kappa shape index (κ3) is 3.43. The maximum Gasteiger partial charge on any atom is 0.259 e. The molecule has 0 bridgehead atoms. The van der Waals surface area contributed by atoms with E-state index >= 15 is 0 Å². The number of carbonyl (C=O) groups is 1. The van der Waals surface area contributed by atoms with Gasteiger partial charge in [0, 0.05) is 19.3 Å². The van der Waals surface area contributed by atoms with E-state index < -0.39 is 0 Å². The van der Waals surface area contributed by atoms with Crippen molar-refractivity contribution in [1.29, 1.82) is 0 Å². The van der Waals surface area contributed by atoms with E-state index in [9.17, 15) is 4.79 Å². The molecule has 0 spiro atoms. The molecule has 1 aliphatic carbocycles. The number of benzene rings is 1. The zero-order valence-corrected chi connectivity index (χ0v) is 15.2. The van der Waals surface area contributed by atoms with Crippen LogP contribution >= 0.6 is 11.3 Å². The van der Waals surface area contributed by atoms with Crippen molar-refractivity contribution < 1.29 is 4.79 Å². The van der Waals surface area contributed by atoms with Crippen molar-refractivity contribution in [2.75, 3.05) is 17.3 Å². The highest BCUT2D eigenvalue weighted by Crippen LogP contribution is 2.26. The Bertz CT molecular complexity index is 895. The summed E-state index contributed by atoms with van der Waals surface area (Å²) in [6.07, 6.45) is 4.83. The van der Waals surface area contributed by atoms with E-state index in [0.717, 1.165) is 25.1 Å². The van der Waals surface area contributed by atoms with Crippen molar-refractivity contribution in [2.24, 2.45) is 0 Å². The summed E-state index contributed by atoms with van der Waals surface area (Å²) in [6.45, 7) is 0. The van der Waals surface area contributed by atoms with Crippen LogP contribution in [-0.4, -0.2) is 34.2 Å². The number of nitrogens with one attached hydrogen (secondary N) is 1. The minimum atomic E-state index is -0.227. The second-order valence-corrected chi connectivity index (χ2v) is 7.21. The van der Waals surface area contributed by atoms with Gasteiger partial charge in [0.15, 0.2) is 0 Å². The number of hydrogen-bond donors (Lipinski definition) is 1. The molecular weight excluding hydrogens is 346 g/mol. The summed E-state index contributed by atoms with van der Waals surface area (Å²) in [6, 6.07) is 12.7. The standard InChI is InChI=1S/C19H19N5OS/c1-24(16-8-6-13-4-2-3-5-14(13)10-16)17-9-7-15(11-20-17)18(25)22-19-23-21-12-26-19/h2-5,7,9,11-12,16H,6,8,10H2,1H3,(H,22,23,25). The summed E-state index contributed by atoms with van der Waals surface area (Å²) in [5, 5.41) is 10.7. The van der Waals surface area contributed by atoms with Gasteiger partial charge in [-0.3, -0.25) is 10.1 Å². The first-order chi connectivity index (χ1) is 12.7. The van der Waals surface area contributed by atoms with Gasteiger partial charge < -0.3 is 4.90 Å². The average Bonchev–Trinajstić information content (AvgIpc) is 3.20. The summed E-state index contributed by atoms with van der Waals surface area (Å²) in [7, 11) is 2.07. The van der Waals surface area contributed by atoms with Crippen LogP contribution in [-0.2, 0) is 12.8 Å². The minimum Gasteiger partial charge on any atom is -0.356 e. The van der Waals surface area contributed by atoms with Crippen LogP contribution in [0.1, 0.15) is 27.9 Å². The summed E-state index contributed by atoms with van der Waals surface area (Å²) >= 11 is 1.28. The molecule has 1 unspecified atom stereocenters. The smallest absolute Gasteiger partial charge is 0.259 e. The van der Waals surface area contributed by atoms with Crippen LogP contribution < -0.4 is 10.2 Å². The Balaban J connectivity index is 1.44. The van der Waals surface area contributed by atoms with Crippen LogP contribution in [0.4, 0.5) is 10.9 Å². The number of carbonyl (C=O) groups excluding carboxylic acids is 1. The molecule has 0 saturated heterocycles. The van der Waals surface area contributed by atoms with Gasteiger partial charge in [-0.15, -0.1) is 10.2 Å². The Morgan fingerprint density at radius 2 is 2.08 bits per heavy atom. The number of aryl methyl sites for hydroxylation is 1. The normalized spacial score (nSPS) is 16.0. The zero-order chi connectivity index (χ0) is 17.9. The second kappa shape index (κ2) is 7.21. The number of fused-ring (bicyclic) bond motifs is 1. The number of likely N-dealkylation sites (N-methyl/N-ethyl adjacent to an activating group) is 1. The van der Waals surface area contributed by atoms with Crippen LogP contribution in [0.25, 0.3) is 0 Å². The minimum absolute atomic E-state index is 0.227. The van der Waals surface area contributed by atoms with Crippen LogP contribution in [0.5, 0.6) is 0 Å². The Morgan fingerprint density at radius 1 is 1.23 bits per heavy atom. The number of anilines is 2. The Labute approximate surface area is 155 Å². The number of rotatable bonds is 4. The number of aromatic nitrogens is 3. The fraction of sp³-hybridized carbons (Fsp3) is 0.263. The summed E-state index contributed by atoms with van der Waals surface area (Å²) in [5.74, 6) is 0.650. The maximum atomic E-state index is 12.2. The summed E-state index contributed by atoms with van der Waals surface area (Å²) < 4.78 is 0. The van der Waals surface area contributed by atoms with Gasteiger partial charge in [-0.25, -0.2) is 4.98 Å². The lowest BCUT2D eigenvalue weighted by Crippen LogP contribution is -2.37. The van der Waals surface area contributed by atoms with Crippen molar-refractivity contribution in [2.45, 2.75) is 25.3 Å². The average molecular weight is 365 g/mol. The van der Waals surface area contributed by atoms with Gasteiger partial charge in [-0.1, -0.05) is 35.6 Å². The summed E-state index contributed by atoms with van der Waals surface area (Å²) in [5.41, 5.74) is 4.96. The topological polar surface area (TPSA) is 71.0 Å². The zero-order valence-electron chi connectivity index (χ0n) is 14.4. The van der Waals surface area contributed by atoms with E-state index in [4.69, 9.17) is 0 Å². The number of nitrogens with zero attached hydrogens (tertiary/aromatic N) is 4. The molecule has 0 fully saturated rings. The highest BCUT2D eigenvalue weighted by atomic mass is 32.1. The number of pyridine rings is 1. The largest absolute Gasteiger partial charge is 0.356 e. The van der Waals surface area contributed by atoms with E-state index in [1.165, 1.54) is 22.5 Å². The van der Waals surface area contributed by atoms with Crippen molar-refractivity contribution in [3.8, 4) is 0 Å². The first-order valence-corrected chi connectivity index (χ1v) is 9.42. The lowest BCUT2D eigenvalue weighted by molar-refractivity contribution is 0.102. The quantitative estimate of drug-likeness (QED) is 0.769.